The number of rotatable bonds is 3. The number of aryl methyl sites for hydroxylation is 1. The normalized spacial score (nSPS) is 10.1. The minimum absolute atomic E-state index is 0.597. The Hall–Kier alpha value is -1.79. The smallest absolute Gasteiger partial charge is 0.150 e. The SMILES string of the molecule is Cc1cccc(C=O)c1-c1c(P)cccc1C=O. The summed E-state index contributed by atoms with van der Waals surface area (Å²) in [6, 6.07) is 11.0. The second-order valence-corrected chi connectivity index (χ2v) is 4.71. The van der Waals surface area contributed by atoms with Crippen LogP contribution >= 0.6 is 9.24 Å². The van der Waals surface area contributed by atoms with Gasteiger partial charge in [-0.2, -0.15) is 0 Å². The lowest BCUT2D eigenvalue weighted by atomic mass is 9.92. The molecular formula is C15H13O2P. The number of carbonyl (C=O) groups is 2. The molecule has 18 heavy (non-hydrogen) atoms. The standard InChI is InChI=1S/C15H13O2P/c1-10-4-2-5-11(8-16)14(10)15-12(9-17)6-3-7-13(15)18/h2-9H,18H2,1H3. The first kappa shape index (κ1) is 12.7. The molecule has 1 atom stereocenters. The monoisotopic (exact) mass is 256 g/mol. The Morgan fingerprint density at radius 3 is 2.06 bits per heavy atom. The highest BCUT2D eigenvalue weighted by Gasteiger charge is 2.13. The van der Waals surface area contributed by atoms with Crippen LogP contribution in [0.5, 0.6) is 0 Å². The summed E-state index contributed by atoms with van der Waals surface area (Å²) in [6.07, 6.45) is 1.65. The molecule has 2 aromatic rings. The molecule has 0 aliphatic heterocycles. The molecule has 0 fully saturated rings. The van der Waals surface area contributed by atoms with Crippen molar-refractivity contribution in [3.63, 3.8) is 0 Å². The Morgan fingerprint density at radius 1 is 0.889 bits per heavy atom. The molecule has 0 aromatic heterocycles. The third-order valence-corrected chi connectivity index (χ3v) is 3.42. The van der Waals surface area contributed by atoms with E-state index in [-0.39, 0.29) is 0 Å². The maximum absolute atomic E-state index is 11.2. The van der Waals surface area contributed by atoms with Crippen LogP contribution in [-0.2, 0) is 0 Å². The van der Waals surface area contributed by atoms with E-state index < -0.39 is 0 Å². The highest BCUT2D eigenvalue weighted by atomic mass is 31.0. The van der Waals surface area contributed by atoms with Crippen molar-refractivity contribution < 1.29 is 9.59 Å². The molecule has 0 aliphatic rings. The topological polar surface area (TPSA) is 34.1 Å². The Bertz CT molecular complexity index is 562. The minimum atomic E-state index is 0.597. The van der Waals surface area contributed by atoms with Crippen molar-refractivity contribution in [1.82, 2.24) is 0 Å². The molecule has 0 N–H and O–H groups in total. The van der Waals surface area contributed by atoms with Gasteiger partial charge in [0.25, 0.3) is 0 Å². The Kier molecular flexibility index (Phi) is 3.69. The van der Waals surface area contributed by atoms with E-state index in [9.17, 15) is 9.59 Å². The molecule has 2 aromatic carbocycles. The molecule has 0 saturated carbocycles. The van der Waals surface area contributed by atoms with Crippen LogP contribution < -0.4 is 5.30 Å². The van der Waals surface area contributed by atoms with Crippen LogP contribution in [0.2, 0.25) is 0 Å². The van der Waals surface area contributed by atoms with Crippen molar-refractivity contribution in [2.24, 2.45) is 0 Å². The number of carbonyl (C=O) groups excluding carboxylic acids is 2. The van der Waals surface area contributed by atoms with E-state index in [1.165, 1.54) is 0 Å². The van der Waals surface area contributed by atoms with Gasteiger partial charge in [-0.15, -0.1) is 9.24 Å². The van der Waals surface area contributed by atoms with Crippen molar-refractivity contribution in [3.05, 3.63) is 53.1 Å². The van der Waals surface area contributed by atoms with Gasteiger partial charge in [0.15, 0.2) is 12.6 Å². The summed E-state index contributed by atoms with van der Waals surface area (Å²) in [5, 5.41) is 0.914. The molecule has 0 radical (unpaired) electrons. The summed E-state index contributed by atoms with van der Waals surface area (Å²) in [6.45, 7) is 1.94. The average Bonchev–Trinajstić information content (AvgIpc) is 2.38. The quantitative estimate of drug-likeness (QED) is 0.625. The Labute approximate surface area is 108 Å². The largest absolute Gasteiger partial charge is 0.298 e. The van der Waals surface area contributed by atoms with E-state index in [1.54, 1.807) is 12.1 Å². The van der Waals surface area contributed by atoms with Gasteiger partial charge in [0.1, 0.15) is 0 Å². The van der Waals surface area contributed by atoms with Crippen molar-refractivity contribution in [2.45, 2.75) is 6.92 Å². The van der Waals surface area contributed by atoms with Gasteiger partial charge in [-0.25, -0.2) is 0 Å². The number of benzene rings is 2. The van der Waals surface area contributed by atoms with Crippen molar-refractivity contribution >= 4 is 27.1 Å². The fraction of sp³-hybridized carbons (Fsp3) is 0.0667. The lowest BCUT2D eigenvalue weighted by Gasteiger charge is -2.13. The van der Waals surface area contributed by atoms with Gasteiger partial charge < -0.3 is 0 Å². The molecular weight excluding hydrogens is 243 g/mol. The molecule has 0 amide bonds. The average molecular weight is 256 g/mol. The first-order valence-electron chi connectivity index (χ1n) is 5.58. The zero-order valence-electron chi connectivity index (χ0n) is 10.0. The van der Waals surface area contributed by atoms with Crippen LogP contribution in [-0.4, -0.2) is 12.6 Å². The molecule has 0 saturated heterocycles. The summed E-state index contributed by atoms with van der Waals surface area (Å²) < 4.78 is 0. The van der Waals surface area contributed by atoms with Gasteiger partial charge >= 0.3 is 0 Å². The van der Waals surface area contributed by atoms with Crippen molar-refractivity contribution in [3.8, 4) is 11.1 Å². The van der Waals surface area contributed by atoms with E-state index in [0.717, 1.165) is 34.6 Å². The summed E-state index contributed by atoms with van der Waals surface area (Å²) in [5.41, 5.74) is 3.84. The molecule has 1 unspecified atom stereocenters. The molecule has 90 valence electrons. The molecule has 2 nitrogen and oxygen atoms in total. The third-order valence-electron chi connectivity index (χ3n) is 2.94. The molecule has 0 aliphatic carbocycles. The summed E-state index contributed by atoms with van der Waals surface area (Å²) in [7, 11) is 2.61. The minimum Gasteiger partial charge on any atom is -0.298 e. The van der Waals surface area contributed by atoms with Crippen LogP contribution in [0.1, 0.15) is 26.3 Å². The zero-order chi connectivity index (χ0) is 13.1. The lowest BCUT2D eigenvalue weighted by molar-refractivity contribution is 0.111. The van der Waals surface area contributed by atoms with Gasteiger partial charge in [-0.3, -0.25) is 9.59 Å². The van der Waals surface area contributed by atoms with Gasteiger partial charge in [0.05, 0.1) is 0 Å². The summed E-state index contributed by atoms with van der Waals surface area (Å²) in [5.74, 6) is 0. The predicted octanol–water partition coefficient (Wildman–Crippen LogP) is 2.79. The van der Waals surface area contributed by atoms with Gasteiger partial charge in [0.2, 0.25) is 0 Å². The van der Waals surface area contributed by atoms with E-state index in [1.807, 2.05) is 31.2 Å². The van der Waals surface area contributed by atoms with Crippen LogP contribution in [0.4, 0.5) is 0 Å². The molecule has 0 bridgehead atoms. The molecule has 0 spiro atoms. The lowest BCUT2D eigenvalue weighted by Crippen LogP contribution is -2.05. The number of aldehydes is 2. The fourth-order valence-corrected chi connectivity index (χ4v) is 2.53. The van der Waals surface area contributed by atoms with Gasteiger partial charge in [-0.05, 0) is 23.4 Å². The fourth-order valence-electron chi connectivity index (χ4n) is 2.11. The maximum Gasteiger partial charge on any atom is 0.150 e. The van der Waals surface area contributed by atoms with Crippen LogP contribution in [0, 0.1) is 6.92 Å². The van der Waals surface area contributed by atoms with Crippen molar-refractivity contribution in [2.75, 3.05) is 0 Å². The van der Waals surface area contributed by atoms with Gasteiger partial charge in [-0.1, -0.05) is 36.4 Å². The molecule has 3 heteroatoms. The third kappa shape index (κ3) is 2.12. The molecule has 0 heterocycles. The van der Waals surface area contributed by atoms with Crippen LogP contribution in [0.3, 0.4) is 0 Å². The first-order valence-corrected chi connectivity index (χ1v) is 6.15. The van der Waals surface area contributed by atoms with Crippen molar-refractivity contribution in [1.29, 1.82) is 0 Å². The second kappa shape index (κ2) is 5.24. The first-order chi connectivity index (χ1) is 8.69. The zero-order valence-corrected chi connectivity index (χ0v) is 11.2. The van der Waals surface area contributed by atoms with E-state index in [2.05, 4.69) is 9.24 Å². The number of hydrogen-bond acceptors (Lipinski definition) is 2. The van der Waals surface area contributed by atoms with E-state index in [0.29, 0.717) is 11.1 Å². The van der Waals surface area contributed by atoms with Gasteiger partial charge in [0, 0.05) is 16.7 Å². The summed E-state index contributed by atoms with van der Waals surface area (Å²) >= 11 is 0. The second-order valence-electron chi connectivity index (χ2n) is 4.09. The van der Waals surface area contributed by atoms with E-state index in [4.69, 9.17) is 0 Å². The highest BCUT2D eigenvalue weighted by molar-refractivity contribution is 7.28. The van der Waals surface area contributed by atoms with E-state index >= 15 is 0 Å². The maximum atomic E-state index is 11.2. The predicted molar refractivity (Wildman–Crippen MR) is 76.7 cm³/mol. The molecule has 2 rings (SSSR count). The van der Waals surface area contributed by atoms with Crippen LogP contribution in [0.25, 0.3) is 11.1 Å². The number of hydrogen-bond donors (Lipinski definition) is 0. The Balaban J connectivity index is 2.84. The van der Waals surface area contributed by atoms with Crippen LogP contribution in [0.15, 0.2) is 36.4 Å². The Morgan fingerprint density at radius 2 is 1.44 bits per heavy atom. The summed E-state index contributed by atoms with van der Waals surface area (Å²) in [4.78, 5) is 22.3. The highest BCUT2D eigenvalue weighted by Crippen LogP contribution is 2.28.